The van der Waals surface area contributed by atoms with E-state index in [1.54, 1.807) is 13.0 Å². The molecule has 0 saturated heterocycles. The number of hydrogen-bond acceptors (Lipinski definition) is 1. The fraction of sp³-hybridized carbons (Fsp3) is 0.308. The molecule has 16 heavy (non-hydrogen) atoms. The average molecular weight is 280 g/mol. The third kappa shape index (κ3) is 3.71. The average Bonchev–Trinajstić information content (AvgIpc) is 2.28. The second-order valence-corrected chi connectivity index (χ2v) is 4.25. The first-order valence-corrected chi connectivity index (χ1v) is 5.88. The molecule has 0 bridgehead atoms. The lowest BCUT2D eigenvalue weighted by Crippen LogP contribution is -2.24. The molecule has 0 aromatic heterocycles. The van der Waals surface area contributed by atoms with Crippen molar-refractivity contribution in [1.82, 2.24) is 5.32 Å². The van der Waals surface area contributed by atoms with Gasteiger partial charge in [0.25, 0.3) is 5.91 Å². The van der Waals surface area contributed by atoms with Gasteiger partial charge >= 0.3 is 0 Å². The van der Waals surface area contributed by atoms with Crippen molar-refractivity contribution in [1.29, 1.82) is 0 Å². The number of carbonyl (C=O) groups is 1. The van der Waals surface area contributed by atoms with Crippen molar-refractivity contribution in [2.75, 3.05) is 6.54 Å². The number of benzene rings is 1. The number of carbonyl (C=O) groups excluding carboxylic acids is 1. The quantitative estimate of drug-likeness (QED) is 0.669. The second-order valence-electron chi connectivity index (χ2n) is 3.40. The Balaban J connectivity index is 2.58. The van der Waals surface area contributed by atoms with E-state index in [1.165, 1.54) is 0 Å². The number of amides is 1. The minimum Gasteiger partial charge on any atom is -0.351 e. The summed E-state index contributed by atoms with van der Waals surface area (Å²) in [5.74, 6) is 5.65. The number of nitrogens with one attached hydrogen (secondary N) is 1. The Morgan fingerprint density at radius 1 is 1.50 bits per heavy atom. The minimum atomic E-state index is -0.0477. The highest BCUT2D eigenvalue weighted by molar-refractivity contribution is 9.10. The van der Waals surface area contributed by atoms with E-state index in [0.29, 0.717) is 18.5 Å². The predicted octanol–water partition coefficient (Wildman–Crippen LogP) is 2.90. The molecule has 0 atom stereocenters. The molecule has 3 heteroatoms. The predicted molar refractivity (Wildman–Crippen MR) is 69.3 cm³/mol. The fourth-order valence-corrected chi connectivity index (χ4v) is 1.50. The molecule has 0 heterocycles. The number of halogens is 1. The van der Waals surface area contributed by atoms with Crippen LogP contribution in [0.3, 0.4) is 0 Å². The summed E-state index contributed by atoms with van der Waals surface area (Å²) >= 11 is 3.40. The molecule has 1 aromatic carbocycles. The molecule has 2 nitrogen and oxygen atoms in total. The monoisotopic (exact) mass is 279 g/mol. The van der Waals surface area contributed by atoms with E-state index in [1.807, 2.05) is 19.1 Å². The summed E-state index contributed by atoms with van der Waals surface area (Å²) in [6, 6.07) is 5.55. The van der Waals surface area contributed by atoms with Crippen LogP contribution in [0, 0.1) is 18.8 Å². The number of aryl methyl sites for hydroxylation is 1. The van der Waals surface area contributed by atoms with Gasteiger partial charge in [0.05, 0.1) is 0 Å². The Kier molecular flexibility index (Phi) is 5.07. The molecule has 0 saturated carbocycles. The zero-order valence-corrected chi connectivity index (χ0v) is 11.0. The standard InChI is InChI=1S/C13H14BrNO/c1-3-4-5-8-15-13(16)11-6-7-12(14)10(2)9-11/h6-7,9H,5,8H2,1-2H3,(H,15,16). The molecule has 0 aliphatic rings. The van der Waals surface area contributed by atoms with Crippen LogP contribution in [0.4, 0.5) is 0 Å². The van der Waals surface area contributed by atoms with Gasteiger partial charge in [-0.15, -0.1) is 11.8 Å². The van der Waals surface area contributed by atoms with Crippen LogP contribution in [0.5, 0.6) is 0 Å². The van der Waals surface area contributed by atoms with Crippen LogP contribution in [-0.2, 0) is 0 Å². The van der Waals surface area contributed by atoms with Gasteiger partial charge in [-0.1, -0.05) is 15.9 Å². The van der Waals surface area contributed by atoms with Crippen LogP contribution in [0.1, 0.15) is 29.3 Å². The molecule has 1 N–H and O–H groups in total. The third-order valence-corrected chi connectivity index (χ3v) is 3.02. The molecule has 0 spiro atoms. The zero-order valence-electron chi connectivity index (χ0n) is 9.43. The molecule has 1 amide bonds. The fourth-order valence-electron chi connectivity index (χ4n) is 1.25. The van der Waals surface area contributed by atoms with Gasteiger partial charge in [-0.25, -0.2) is 0 Å². The molecule has 0 aliphatic heterocycles. The lowest BCUT2D eigenvalue weighted by atomic mass is 10.1. The van der Waals surface area contributed by atoms with Gasteiger partial charge in [0.2, 0.25) is 0 Å². The summed E-state index contributed by atoms with van der Waals surface area (Å²) in [5, 5.41) is 2.82. The van der Waals surface area contributed by atoms with Crippen molar-refractivity contribution < 1.29 is 4.79 Å². The van der Waals surface area contributed by atoms with Crippen molar-refractivity contribution in [2.24, 2.45) is 0 Å². The van der Waals surface area contributed by atoms with E-state index >= 15 is 0 Å². The number of hydrogen-bond donors (Lipinski definition) is 1. The van der Waals surface area contributed by atoms with Gasteiger partial charge in [-0.2, -0.15) is 0 Å². The molecule has 0 unspecified atom stereocenters. The van der Waals surface area contributed by atoms with Crippen LogP contribution in [0.2, 0.25) is 0 Å². The van der Waals surface area contributed by atoms with Crippen LogP contribution < -0.4 is 5.32 Å². The molecule has 0 aliphatic carbocycles. The molecule has 0 radical (unpaired) electrons. The lowest BCUT2D eigenvalue weighted by Gasteiger charge is -2.05. The van der Waals surface area contributed by atoms with Crippen LogP contribution in [-0.4, -0.2) is 12.5 Å². The lowest BCUT2D eigenvalue weighted by molar-refractivity contribution is 0.0954. The SMILES string of the molecule is CC#CCCNC(=O)c1ccc(Br)c(C)c1. The second kappa shape index (κ2) is 6.34. The van der Waals surface area contributed by atoms with Crippen LogP contribution in [0.15, 0.2) is 22.7 Å². The van der Waals surface area contributed by atoms with Gasteiger partial charge in [0.1, 0.15) is 0 Å². The first-order chi connectivity index (χ1) is 7.65. The van der Waals surface area contributed by atoms with Gasteiger partial charge in [-0.3, -0.25) is 4.79 Å². The van der Waals surface area contributed by atoms with Crippen molar-refractivity contribution in [3.63, 3.8) is 0 Å². The Morgan fingerprint density at radius 3 is 2.88 bits per heavy atom. The van der Waals surface area contributed by atoms with Crippen LogP contribution >= 0.6 is 15.9 Å². The van der Waals surface area contributed by atoms with Crippen molar-refractivity contribution in [3.05, 3.63) is 33.8 Å². The maximum atomic E-state index is 11.7. The van der Waals surface area contributed by atoms with E-state index in [2.05, 4.69) is 33.1 Å². The molecule has 1 rings (SSSR count). The molecular weight excluding hydrogens is 266 g/mol. The first kappa shape index (κ1) is 12.8. The normalized spacial score (nSPS) is 9.19. The van der Waals surface area contributed by atoms with Crippen molar-refractivity contribution >= 4 is 21.8 Å². The smallest absolute Gasteiger partial charge is 0.251 e. The Bertz CT molecular complexity index is 443. The summed E-state index contributed by atoms with van der Waals surface area (Å²) < 4.78 is 1.01. The maximum Gasteiger partial charge on any atom is 0.251 e. The Morgan fingerprint density at radius 2 is 2.25 bits per heavy atom. The molecule has 1 aromatic rings. The van der Waals surface area contributed by atoms with Gasteiger partial charge in [0, 0.05) is 23.0 Å². The summed E-state index contributed by atoms with van der Waals surface area (Å²) in [5.41, 5.74) is 1.74. The highest BCUT2D eigenvalue weighted by Crippen LogP contribution is 2.16. The molecular formula is C13H14BrNO. The molecule has 84 valence electrons. The van der Waals surface area contributed by atoms with E-state index in [0.717, 1.165) is 10.0 Å². The minimum absolute atomic E-state index is 0.0477. The van der Waals surface area contributed by atoms with Gasteiger partial charge < -0.3 is 5.32 Å². The largest absolute Gasteiger partial charge is 0.351 e. The zero-order chi connectivity index (χ0) is 12.0. The van der Waals surface area contributed by atoms with Crippen molar-refractivity contribution in [3.8, 4) is 11.8 Å². The van der Waals surface area contributed by atoms with Crippen LogP contribution in [0.25, 0.3) is 0 Å². The van der Waals surface area contributed by atoms with E-state index in [9.17, 15) is 4.79 Å². The summed E-state index contributed by atoms with van der Waals surface area (Å²) in [4.78, 5) is 11.7. The van der Waals surface area contributed by atoms with E-state index in [-0.39, 0.29) is 5.91 Å². The highest BCUT2D eigenvalue weighted by Gasteiger charge is 2.05. The van der Waals surface area contributed by atoms with Gasteiger partial charge in [-0.05, 0) is 37.6 Å². The molecule has 0 fully saturated rings. The number of rotatable bonds is 3. The topological polar surface area (TPSA) is 29.1 Å². The maximum absolute atomic E-state index is 11.7. The van der Waals surface area contributed by atoms with E-state index in [4.69, 9.17) is 0 Å². The third-order valence-electron chi connectivity index (χ3n) is 2.13. The van der Waals surface area contributed by atoms with Crippen molar-refractivity contribution in [2.45, 2.75) is 20.3 Å². The van der Waals surface area contributed by atoms with Gasteiger partial charge in [0.15, 0.2) is 0 Å². The summed E-state index contributed by atoms with van der Waals surface area (Å²) in [6.45, 7) is 4.35. The van der Waals surface area contributed by atoms with E-state index < -0.39 is 0 Å². The summed E-state index contributed by atoms with van der Waals surface area (Å²) in [7, 11) is 0. The first-order valence-electron chi connectivity index (χ1n) is 5.09. The highest BCUT2D eigenvalue weighted by atomic mass is 79.9. The Hall–Kier alpha value is -1.27. The summed E-state index contributed by atoms with van der Waals surface area (Å²) in [6.07, 6.45) is 0.692. The Labute approximate surface area is 105 Å².